The van der Waals surface area contributed by atoms with Crippen LogP contribution in [-0.2, 0) is 0 Å². The number of rotatable bonds is 2. The summed E-state index contributed by atoms with van der Waals surface area (Å²) in [5.74, 6) is -0.155. The van der Waals surface area contributed by atoms with E-state index >= 15 is 0 Å². The van der Waals surface area contributed by atoms with E-state index in [1.165, 1.54) is 11.3 Å². The van der Waals surface area contributed by atoms with Gasteiger partial charge in [-0.3, -0.25) is 4.79 Å². The van der Waals surface area contributed by atoms with Crippen molar-refractivity contribution in [1.82, 2.24) is 10.3 Å². The van der Waals surface area contributed by atoms with Crippen LogP contribution in [0.15, 0.2) is 35.2 Å². The molecular formula is C14H14N2O2S. The van der Waals surface area contributed by atoms with Crippen LogP contribution in [0.4, 0.5) is 0 Å². The maximum atomic E-state index is 12.0. The average molecular weight is 274 g/mol. The minimum atomic E-state index is -0.427. The second kappa shape index (κ2) is 5.11. The summed E-state index contributed by atoms with van der Waals surface area (Å²) < 4.78 is 0. The SMILES string of the molecule is O=C(NC1CCC(O)c2ccccc21)c1cscn1. The number of amides is 1. The number of aliphatic hydroxyl groups is 1. The lowest BCUT2D eigenvalue weighted by Crippen LogP contribution is -2.32. The van der Waals surface area contributed by atoms with E-state index in [1.807, 2.05) is 24.3 Å². The highest BCUT2D eigenvalue weighted by Gasteiger charge is 2.27. The average Bonchev–Trinajstić information content (AvgIpc) is 2.96. The van der Waals surface area contributed by atoms with E-state index in [0.717, 1.165) is 17.5 Å². The number of aromatic nitrogens is 1. The Balaban J connectivity index is 1.83. The van der Waals surface area contributed by atoms with Gasteiger partial charge in [0.1, 0.15) is 5.69 Å². The molecule has 1 aromatic carbocycles. The molecule has 2 N–H and O–H groups in total. The molecule has 0 aliphatic heterocycles. The largest absolute Gasteiger partial charge is 0.388 e. The van der Waals surface area contributed by atoms with Crippen molar-refractivity contribution in [2.75, 3.05) is 0 Å². The van der Waals surface area contributed by atoms with Gasteiger partial charge >= 0.3 is 0 Å². The van der Waals surface area contributed by atoms with Crippen molar-refractivity contribution in [3.05, 3.63) is 52.0 Å². The Hall–Kier alpha value is -1.72. The molecule has 1 aliphatic rings. The summed E-state index contributed by atoms with van der Waals surface area (Å²) in [4.78, 5) is 16.0. The summed E-state index contributed by atoms with van der Waals surface area (Å²) in [7, 11) is 0. The quantitative estimate of drug-likeness (QED) is 0.884. The molecule has 2 aromatic rings. The van der Waals surface area contributed by atoms with Crippen molar-refractivity contribution in [2.45, 2.75) is 25.0 Å². The number of nitrogens with zero attached hydrogens (tertiary/aromatic N) is 1. The summed E-state index contributed by atoms with van der Waals surface area (Å²) in [5.41, 5.74) is 4.02. The van der Waals surface area contributed by atoms with Crippen molar-refractivity contribution >= 4 is 17.2 Å². The van der Waals surface area contributed by atoms with E-state index in [1.54, 1.807) is 10.9 Å². The number of thiazole rings is 1. The second-order valence-corrected chi connectivity index (χ2v) is 5.34. The zero-order chi connectivity index (χ0) is 13.2. The van der Waals surface area contributed by atoms with Crippen LogP contribution in [0, 0.1) is 0 Å². The van der Waals surface area contributed by atoms with Gasteiger partial charge in [-0.1, -0.05) is 24.3 Å². The Kier molecular flexibility index (Phi) is 3.31. The van der Waals surface area contributed by atoms with Gasteiger partial charge in [0.25, 0.3) is 5.91 Å². The number of hydrogen-bond donors (Lipinski definition) is 2. The first-order valence-electron chi connectivity index (χ1n) is 6.21. The zero-order valence-electron chi connectivity index (χ0n) is 10.2. The molecule has 1 aromatic heterocycles. The number of carbonyl (C=O) groups excluding carboxylic acids is 1. The number of carbonyl (C=O) groups is 1. The Morgan fingerprint density at radius 1 is 1.32 bits per heavy atom. The van der Waals surface area contributed by atoms with E-state index in [9.17, 15) is 9.90 Å². The lowest BCUT2D eigenvalue weighted by Gasteiger charge is -2.29. The molecular weight excluding hydrogens is 260 g/mol. The van der Waals surface area contributed by atoms with Crippen LogP contribution in [0.2, 0.25) is 0 Å². The molecule has 1 aliphatic carbocycles. The maximum absolute atomic E-state index is 12.0. The third-order valence-electron chi connectivity index (χ3n) is 3.43. The van der Waals surface area contributed by atoms with Crippen molar-refractivity contribution in [3.63, 3.8) is 0 Å². The van der Waals surface area contributed by atoms with E-state index in [4.69, 9.17) is 0 Å². The predicted octanol–water partition coefficient (Wildman–Crippen LogP) is 2.44. The molecule has 98 valence electrons. The fourth-order valence-electron chi connectivity index (χ4n) is 2.47. The number of aliphatic hydroxyl groups excluding tert-OH is 1. The minimum Gasteiger partial charge on any atom is -0.388 e. The van der Waals surface area contributed by atoms with E-state index in [2.05, 4.69) is 10.3 Å². The van der Waals surface area contributed by atoms with E-state index in [-0.39, 0.29) is 11.9 Å². The molecule has 2 unspecified atom stereocenters. The molecule has 0 saturated heterocycles. The Morgan fingerprint density at radius 3 is 2.84 bits per heavy atom. The Labute approximate surface area is 115 Å². The number of hydrogen-bond acceptors (Lipinski definition) is 4. The summed E-state index contributed by atoms with van der Waals surface area (Å²) in [5, 5.41) is 14.7. The van der Waals surface area contributed by atoms with Gasteiger partial charge in [-0.25, -0.2) is 4.98 Å². The Morgan fingerprint density at radius 2 is 2.11 bits per heavy atom. The standard InChI is InChI=1S/C14H14N2O2S/c17-13-6-5-11(9-3-1-2-4-10(9)13)16-14(18)12-7-19-8-15-12/h1-4,7-8,11,13,17H,5-6H2,(H,16,18). The van der Waals surface area contributed by atoms with Gasteiger partial charge in [0, 0.05) is 5.38 Å². The summed E-state index contributed by atoms with van der Waals surface area (Å²) in [6.45, 7) is 0. The van der Waals surface area contributed by atoms with Crippen LogP contribution in [0.25, 0.3) is 0 Å². The lowest BCUT2D eigenvalue weighted by molar-refractivity contribution is 0.0909. The maximum Gasteiger partial charge on any atom is 0.271 e. The van der Waals surface area contributed by atoms with Gasteiger partial charge in [0.05, 0.1) is 17.7 Å². The van der Waals surface area contributed by atoms with Crippen LogP contribution in [0.3, 0.4) is 0 Å². The molecule has 0 saturated carbocycles. The zero-order valence-corrected chi connectivity index (χ0v) is 11.1. The van der Waals surface area contributed by atoms with Crippen LogP contribution >= 0.6 is 11.3 Å². The minimum absolute atomic E-state index is 0.0474. The van der Waals surface area contributed by atoms with E-state index in [0.29, 0.717) is 12.1 Å². The third kappa shape index (κ3) is 2.39. The highest BCUT2D eigenvalue weighted by molar-refractivity contribution is 7.07. The smallest absolute Gasteiger partial charge is 0.271 e. The summed E-state index contributed by atoms with van der Waals surface area (Å²) >= 11 is 1.40. The van der Waals surface area contributed by atoms with Gasteiger partial charge in [-0.15, -0.1) is 11.3 Å². The van der Waals surface area contributed by atoms with Gasteiger partial charge in [-0.05, 0) is 24.0 Å². The molecule has 19 heavy (non-hydrogen) atoms. The molecule has 2 atom stereocenters. The van der Waals surface area contributed by atoms with Gasteiger partial charge < -0.3 is 10.4 Å². The van der Waals surface area contributed by atoms with Crippen molar-refractivity contribution in [3.8, 4) is 0 Å². The molecule has 0 radical (unpaired) electrons. The highest BCUT2D eigenvalue weighted by atomic mass is 32.1. The van der Waals surface area contributed by atoms with Crippen LogP contribution < -0.4 is 5.32 Å². The van der Waals surface area contributed by atoms with E-state index < -0.39 is 6.10 Å². The molecule has 5 heteroatoms. The fraction of sp³-hybridized carbons (Fsp3) is 0.286. The van der Waals surface area contributed by atoms with Gasteiger partial charge in [0.2, 0.25) is 0 Å². The highest BCUT2D eigenvalue weighted by Crippen LogP contribution is 2.35. The summed E-state index contributed by atoms with van der Waals surface area (Å²) in [6.07, 6.45) is 0.983. The second-order valence-electron chi connectivity index (χ2n) is 4.62. The first-order valence-corrected chi connectivity index (χ1v) is 7.16. The van der Waals surface area contributed by atoms with Crippen molar-refractivity contribution in [1.29, 1.82) is 0 Å². The molecule has 0 spiro atoms. The topological polar surface area (TPSA) is 62.2 Å². The molecule has 3 rings (SSSR count). The third-order valence-corrected chi connectivity index (χ3v) is 4.02. The van der Waals surface area contributed by atoms with Gasteiger partial charge in [-0.2, -0.15) is 0 Å². The van der Waals surface area contributed by atoms with Crippen LogP contribution in [-0.4, -0.2) is 16.0 Å². The predicted molar refractivity (Wildman–Crippen MR) is 73.0 cm³/mol. The molecule has 1 heterocycles. The molecule has 0 bridgehead atoms. The fourth-order valence-corrected chi connectivity index (χ4v) is 3.01. The molecule has 0 fully saturated rings. The first-order chi connectivity index (χ1) is 9.25. The normalized spacial score (nSPS) is 21.7. The Bertz CT molecular complexity index is 583. The van der Waals surface area contributed by atoms with Crippen LogP contribution in [0.1, 0.15) is 46.6 Å². The first kappa shape index (κ1) is 12.3. The van der Waals surface area contributed by atoms with Crippen LogP contribution in [0.5, 0.6) is 0 Å². The van der Waals surface area contributed by atoms with Crippen molar-refractivity contribution in [2.24, 2.45) is 0 Å². The van der Waals surface area contributed by atoms with Gasteiger partial charge in [0.15, 0.2) is 0 Å². The number of nitrogens with one attached hydrogen (secondary N) is 1. The molecule has 1 amide bonds. The number of fused-ring (bicyclic) bond motifs is 1. The molecule has 4 nitrogen and oxygen atoms in total. The van der Waals surface area contributed by atoms with Crippen molar-refractivity contribution < 1.29 is 9.90 Å². The lowest BCUT2D eigenvalue weighted by atomic mass is 9.86. The number of benzene rings is 1. The monoisotopic (exact) mass is 274 g/mol. The summed E-state index contributed by atoms with van der Waals surface area (Å²) in [6, 6.07) is 7.67.